The van der Waals surface area contributed by atoms with Crippen molar-refractivity contribution in [2.75, 3.05) is 37.7 Å². The number of fused-ring (bicyclic) bond motifs is 1. The van der Waals surface area contributed by atoms with Crippen LogP contribution in [0.4, 0.5) is 5.69 Å². The lowest BCUT2D eigenvalue weighted by atomic mass is 10.2. The van der Waals surface area contributed by atoms with Crippen LogP contribution in [0, 0.1) is 0 Å². The van der Waals surface area contributed by atoms with Gasteiger partial charge in [0.05, 0.1) is 18.1 Å². The molecule has 0 aromatic heterocycles. The Hall–Kier alpha value is -2.42. The van der Waals surface area contributed by atoms with E-state index in [-0.39, 0.29) is 10.8 Å². The molecule has 0 aliphatic carbocycles. The van der Waals surface area contributed by atoms with Gasteiger partial charge in [0.25, 0.3) is 5.91 Å². The number of sulfonamides is 1. The minimum absolute atomic E-state index is 0.142. The van der Waals surface area contributed by atoms with E-state index < -0.39 is 16.1 Å². The molecule has 1 unspecified atom stereocenters. The van der Waals surface area contributed by atoms with Crippen molar-refractivity contribution in [3.63, 3.8) is 0 Å². The maximum absolute atomic E-state index is 12.9. The first-order valence-corrected chi connectivity index (χ1v) is 11.1. The summed E-state index contributed by atoms with van der Waals surface area (Å²) in [7, 11) is -3.55. The molecule has 0 spiro atoms. The summed E-state index contributed by atoms with van der Waals surface area (Å²) in [6.45, 7) is 3.77. The number of carbonyl (C=O) groups excluding carboxylic acids is 1. The number of nitrogens with zero attached hydrogens (tertiary/aromatic N) is 2. The van der Waals surface area contributed by atoms with E-state index in [1.165, 1.54) is 4.31 Å². The second-order valence-corrected chi connectivity index (χ2v) is 9.06. The lowest BCUT2D eigenvalue weighted by Crippen LogP contribution is -2.40. The number of benzene rings is 2. The van der Waals surface area contributed by atoms with Gasteiger partial charge in [0.15, 0.2) is 6.10 Å². The van der Waals surface area contributed by atoms with Gasteiger partial charge in [-0.3, -0.25) is 4.79 Å². The molecule has 0 radical (unpaired) electrons. The van der Waals surface area contributed by atoms with E-state index in [1.54, 1.807) is 30.0 Å². The molecule has 2 aromatic carbocycles. The van der Waals surface area contributed by atoms with E-state index in [2.05, 4.69) is 0 Å². The Bertz CT molecular complexity index is 987. The van der Waals surface area contributed by atoms with Crippen molar-refractivity contribution < 1.29 is 22.7 Å². The number of hydrogen-bond acceptors (Lipinski definition) is 5. The molecule has 1 saturated heterocycles. The van der Waals surface area contributed by atoms with Crippen LogP contribution in [0.1, 0.15) is 12.5 Å². The van der Waals surface area contributed by atoms with Gasteiger partial charge in [-0.05, 0) is 49.2 Å². The van der Waals surface area contributed by atoms with Gasteiger partial charge in [-0.2, -0.15) is 4.31 Å². The van der Waals surface area contributed by atoms with Crippen molar-refractivity contribution in [1.29, 1.82) is 0 Å². The molecule has 4 rings (SSSR count). The molecular weight excluding hydrogens is 392 g/mol. The third-order valence-electron chi connectivity index (χ3n) is 5.22. The van der Waals surface area contributed by atoms with Crippen LogP contribution in [-0.4, -0.2) is 57.6 Å². The summed E-state index contributed by atoms with van der Waals surface area (Å²) in [5.41, 5.74) is 1.61. The first-order chi connectivity index (χ1) is 14.0. The van der Waals surface area contributed by atoms with Crippen molar-refractivity contribution in [2.24, 2.45) is 0 Å². The lowest BCUT2D eigenvalue weighted by molar-refractivity contribution is -0.124. The average molecular weight is 416 g/mol. The molecule has 0 bridgehead atoms. The summed E-state index contributed by atoms with van der Waals surface area (Å²) >= 11 is 0. The maximum atomic E-state index is 12.9. The summed E-state index contributed by atoms with van der Waals surface area (Å²) in [6.07, 6.45) is -0.0221. The Morgan fingerprint density at radius 3 is 2.52 bits per heavy atom. The molecular formula is C21H24N2O5S. The second kappa shape index (κ2) is 8.14. The molecule has 0 saturated carbocycles. The van der Waals surface area contributed by atoms with E-state index in [1.807, 2.05) is 30.3 Å². The highest BCUT2D eigenvalue weighted by Crippen LogP contribution is 2.32. The third kappa shape index (κ3) is 4.01. The van der Waals surface area contributed by atoms with Crippen molar-refractivity contribution >= 4 is 21.6 Å². The van der Waals surface area contributed by atoms with Gasteiger partial charge in [-0.15, -0.1) is 0 Å². The Morgan fingerprint density at radius 2 is 1.79 bits per heavy atom. The minimum atomic E-state index is -3.55. The van der Waals surface area contributed by atoms with Crippen LogP contribution in [0.5, 0.6) is 5.75 Å². The zero-order chi connectivity index (χ0) is 20.4. The summed E-state index contributed by atoms with van der Waals surface area (Å²) < 4.78 is 38.2. The first kappa shape index (κ1) is 19.9. The Labute approximate surface area is 170 Å². The van der Waals surface area contributed by atoms with E-state index in [0.29, 0.717) is 45.0 Å². The van der Waals surface area contributed by atoms with Gasteiger partial charge < -0.3 is 14.4 Å². The highest BCUT2D eigenvalue weighted by molar-refractivity contribution is 7.89. The van der Waals surface area contributed by atoms with Crippen LogP contribution >= 0.6 is 0 Å². The van der Waals surface area contributed by atoms with Gasteiger partial charge in [-0.1, -0.05) is 18.2 Å². The van der Waals surface area contributed by atoms with E-state index in [4.69, 9.17) is 9.47 Å². The molecule has 1 fully saturated rings. The van der Waals surface area contributed by atoms with Crippen LogP contribution in [0.25, 0.3) is 0 Å². The van der Waals surface area contributed by atoms with Crippen LogP contribution in [0.2, 0.25) is 0 Å². The van der Waals surface area contributed by atoms with Crippen molar-refractivity contribution in [2.45, 2.75) is 24.3 Å². The monoisotopic (exact) mass is 416 g/mol. The Morgan fingerprint density at radius 1 is 1.07 bits per heavy atom. The van der Waals surface area contributed by atoms with Gasteiger partial charge in [0.1, 0.15) is 5.75 Å². The predicted molar refractivity (Wildman–Crippen MR) is 109 cm³/mol. The molecule has 2 aliphatic heterocycles. The minimum Gasteiger partial charge on any atom is -0.481 e. The van der Waals surface area contributed by atoms with E-state index in [9.17, 15) is 13.2 Å². The largest absolute Gasteiger partial charge is 0.481 e. The number of morpholine rings is 1. The highest BCUT2D eigenvalue weighted by Gasteiger charge is 2.32. The van der Waals surface area contributed by atoms with Crippen molar-refractivity contribution in [3.05, 3.63) is 54.1 Å². The standard InChI is InChI=1S/C21H24N2O5S/c1-16(28-18-5-3-2-4-6-18)21(24)23-10-9-17-15-19(7-8-20(17)23)29(25,26)22-11-13-27-14-12-22/h2-8,15-16H,9-14H2,1H3. The zero-order valence-corrected chi connectivity index (χ0v) is 17.1. The van der Waals surface area contributed by atoms with Crippen molar-refractivity contribution in [1.82, 2.24) is 4.31 Å². The normalized spacial score (nSPS) is 18.3. The fourth-order valence-corrected chi connectivity index (χ4v) is 5.14. The van der Waals surface area contributed by atoms with E-state index >= 15 is 0 Å². The number of ether oxygens (including phenoxy) is 2. The van der Waals surface area contributed by atoms with E-state index in [0.717, 1.165) is 11.3 Å². The number of para-hydroxylation sites is 1. The molecule has 2 aliphatic rings. The summed E-state index contributed by atoms with van der Waals surface area (Å²) in [6, 6.07) is 14.2. The quantitative estimate of drug-likeness (QED) is 0.746. The fourth-order valence-electron chi connectivity index (χ4n) is 3.68. The predicted octanol–water partition coefficient (Wildman–Crippen LogP) is 2.06. The molecule has 7 nitrogen and oxygen atoms in total. The third-order valence-corrected chi connectivity index (χ3v) is 7.12. The molecule has 2 aromatic rings. The highest BCUT2D eigenvalue weighted by atomic mass is 32.2. The topological polar surface area (TPSA) is 76.2 Å². The Balaban J connectivity index is 1.51. The van der Waals surface area contributed by atoms with Crippen LogP contribution < -0.4 is 9.64 Å². The summed E-state index contributed by atoms with van der Waals surface area (Å²) in [5.74, 6) is 0.496. The molecule has 2 heterocycles. The number of amides is 1. The zero-order valence-electron chi connectivity index (χ0n) is 16.3. The average Bonchev–Trinajstić information content (AvgIpc) is 3.18. The van der Waals surface area contributed by atoms with Crippen molar-refractivity contribution in [3.8, 4) is 5.75 Å². The van der Waals surface area contributed by atoms with Crippen LogP contribution in [0.15, 0.2) is 53.4 Å². The molecule has 8 heteroatoms. The number of rotatable bonds is 5. The summed E-state index contributed by atoms with van der Waals surface area (Å²) in [4.78, 5) is 14.8. The molecule has 154 valence electrons. The number of anilines is 1. The molecule has 0 N–H and O–H groups in total. The first-order valence-electron chi connectivity index (χ1n) is 9.71. The Kier molecular flexibility index (Phi) is 5.58. The van der Waals surface area contributed by atoms with Gasteiger partial charge in [0.2, 0.25) is 10.0 Å². The number of hydrogen-bond donors (Lipinski definition) is 0. The number of carbonyl (C=O) groups is 1. The second-order valence-electron chi connectivity index (χ2n) is 7.12. The van der Waals surface area contributed by atoms with Gasteiger partial charge >= 0.3 is 0 Å². The molecule has 1 amide bonds. The van der Waals surface area contributed by atoms with Crippen LogP contribution in [-0.2, 0) is 26.0 Å². The van der Waals surface area contributed by atoms with Gasteiger partial charge in [0, 0.05) is 25.3 Å². The summed E-state index contributed by atoms with van der Waals surface area (Å²) in [5, 5.41) is 0. The maximum Gasteiger partial charge on any atom is 0.267 e. The SMILES string of the molecule is CC(Oc1ccccc1)C(=O)N1CCc2cc(S(=O)(=O)N3CCOCC3)ccc21. The molecule has 29 heavy (non-hydrogen) atoms. The molecule has 1 atom stereocenters. The fraction of sp³-hybridized carbons (Fsp3) is 0.381. The van der Waals surface area contributed by atoms with Gasteiger partial charge in [-0.25, -0.2) is 8.42 Å². The van der Waals surface area contributed by atoms with Crippen LogP contribution in [0.3, 0.4) is 0 Å². The lowest BCUT2D eigenvalue weighted by Gasteiger charge is -2.26. The smallest absolute Gasteiger partial charge is 0.267 e.